The van der Waals surface area contributed by atoms with Gasteiger partial charge in [0.2, 0.25) is 11.8 Å². The normalized spacial score (nSPS) is 30.2. The van der Waals surface area contributed by atoms with Gasteiger partial charge in [0, 0.05) is 5.56 Å². The molecule has 6 heteroatoms. The number of esters is 1. The van der Waals surface area contributed by atoms with Crippen LogP contribution in [-0.4, -0.2) is 30.2 Å². The van der Waals surface area contributed by atoms with Gasteiger partial charge in [-0.25, -0.2) is 9.69 Å². The Morgan fingerprint density at radius 2 is 1.56 bits per heavy atom. The summed E-state index contributed by atoms with van der Waals surface area (Å²) in [5.41, 5.74) is 2.88. The zero-order chi connectivity index (χ0) is 23.7. The molecular weight excluding hydrogens is 430 g/mol. The number of carbonyl (C=O) groups excluding carboxylic acids is 4. The lowest BCUT2D eigenvalue weighted by molar-refractivity contribution is -0.124. The number of imide groups is 1. The minimum absolute atomic E-state index is 0.108. The lowest BCUT2D eigenvalue weighted by atomic mass is 9.63. The van der Waals surface area contributed by atoms with Crippen LogP contribution in [0, 0.1) is 49.4 Å². The molecule has 7 rings (SSSR count). The van der Waals surface area contributed by atoms with Gasteiger partial charge in [-0.1, -0.05) is 36.4 Å². The lowest BCUT2D eigenvalue weighted by Gasteiger charge is -2.37. The van der Waals surface area contributed by atoms with Crippen LogP contribution in [0.3, 0.4) is 0 Å². The van der Waals surface area contributed by atoms with Crippen molar-refractivity contribution in [2.24, 2.45) is 35.5 Å². The summed E-state index contributed by atoms with van der Waals surface area (Å²) in [6.07, 6.45) is 5.33. The predicted molar refractivity (Wildman–Crippen MR) is 124 cm³/mol. The highest BCUT2D eigenvalue weighted by Gasteiger charge is 2.67. The molecule has 2 amide bonds. The van der Waals surface area contributed by atoms with Gasteiger partial charge in [-0.05, 0) is 73.3 Å². The van der Waals surface area contributed by atoms with E-state index in [1.165, 1.54) is 11.0 Å². The van der Waals surface area contributed by atoms with Crippen LogP contribution in [0.25, 0.3) is 0 Å². The summed E-state index contributed by atoms with van der Waals surface area (Å²) in [6, 6.07) is 11.8. The summed E-state index contributed by atoms with van der Waals surface area (Å²) < 4.78 is 5.33. The number of amides is 2. The average Bonchev–Trinajstić information content (AvgIpc) is 3.62. The van der Waals surface area contributed by atoms with E-state index in [1.807, 2.05) is 19.9 Å². The lowest BCUT2D eigenvalue weighted by Crippen LogP contribution is -2.40. The Labute approximate surface area is 197 Å². The summed E-state index contributed by atoms with van der Waals surface area (Å²) in [5, 5.41) is 0. The third-order valence-electron chi connectivity index (χ3n) is 8.19. The molecule has 34 heavy (non-hydrogen) atoms. The molecular formula is C28H25NO5. The highest BCUT2D eigenvalue weighted by Crippen LogP contribution is 2.65. The van der Waals surface area contributed by atoms with Crippen LogP contribution in [0.15, 0.2) is 54.6 Å². The fourth-order valence-electron chi connectivity index (χ4n) is 6.24. The first-order chi connectivity index (χ1) is 16.4. The Hall–Kier alpha value is -3.54. The summed E-state index contributed by atoms with van der Waals surface area (Å²) >= 11 is 0. The number of hydrogen-bond acceptors (Lipinski definition) is 5. The van der Waals surface area contributed by atoms with Gasteiger partial charge in [-0.2, -0.15) is 0 Å². The van der Waals surface area contributed by atoms with Crippen LogP contribution in [0.1, 0.15) is 38.3 Å². The smallest absolute Gasteiger partial charge is 0.340 e. The molecule has 2 saturated carbocycles. The van der Waals surface area contributed by atoms with Crippen molar-refractivity contribution >= 4 is 29.3 Å². The van der Waals surface area contributed by atoms with Crippen LogP contribution in [0.4, 0.5) is 5.69 Å². The Bertz CT molecular complexity index is 1260. The van der Waals surface area contributed by atoms with Crippen molar-refractivity contribution in [2.45, 2.75) is 20.3 Å². The minimum Gasteiger partial charge on any atom is -0.454 e. The van der Waals surface area contributed by atoms with E-state index in [9.17, 15) is 19.2 Å². The van der Waals surface area contributed by atoms with E-state index in [0.29, 0.717) is 17.4 Å². The van der Waals surface area contributed by atoms with E-state index in [4.69, 9.17) is 4.74 Å². The van der Waals surface area contributed by atoms with Gasteiger partial charge in [-0.3, -0.25) is 14.4 Å². The van der Waals surface area contributed by atoms with Crippen LogP contribution in [0.5, 0.6) is 0 Å². The van der Waals surface area contributed by atoms with Gasteiger partial charge in [0.1, 0.15) is 0 Å². The number of Topliss-reactive ketones (excluding diaryl/α,β-unsaturated/α-hetero) is 1. The molecule has 0 radical (unpaired) electrons. The van der Waals surface area contributed by atoms with Crippen LogP contribution in [0.2, 0.25) is 0 Å². The van der Waals surface area contributed by atoms with Gasteiger partial charge in [0.15, 0.2) is 12.4 Å². The summed E-state index contributed by atoms with van der Waals surface area (Å²) in [7, 11) is 0. The van der Waals surface area contributed by atoms with Gasteiger partial charge >= 0.3 is 5.97 Å². The molecule has 1 aliphatic heterocycles. The maximum atomic E-state index is 13.5. The molecule has 0 spiro atoms. The molecule has 6 nitrogen and oxygen atoms in total. The maximum Gasteiger partial charge on any atom is 0.340 e. The minimum atomic E-state index is -0.729. The van der Waals surface area contributed by atoms with E-state index >= 15 is 0 Å². The van der Waals surface area contributed by atoms with Crippen molar-refractivity contribution in [3.63, 3.8) is 0 Å². The number of anilines is 1. The van der Waals surface area contributed by atoms with E-state index in [-0.39, 0.29) is 52.5 Å². The molecule has 0 unspecified atom stereocenters. The first-order valence-electron chi connectivity index (χ1n) is 11.8. The van der Waals surface area contributed by atoms with E-state index in [2.05, 4.69) is 12.2 Å². The van der Waals surface area contributed by atoms with Gasteiger partial charge in [0.25, 0.3) is 0 Å². The number of rotatable bonds is 5. The average molecular weight is 456 g/mol. The second-order valence-electron chi connectivity index (χ2n) is 9.98. The first kappa shape index (κ1) is 21.0. The molecule has 5 aliphatic rings. The van der Waals surface area contributed by atoms with Crippen molar-refractivity contribution in [3.8, 4) is 0 Å². The first-order valence-corrected chi connectivity index (χ1v) is 11.8. The highest BCUT2D eigenvalue weighted by atomic mass is 16.5. The molecule has 2 bridgehead atoms. The Balaban J connectivity index is 1.23. The third kappa shape index (κ3) is 3.01. The molecule has 4 aliphatic carbocycles. The molecule has 3 fully saturated rings. The zero-order valence-corrected chi connectivity index (χ0v) is 19.1. The van der Waals surface area contributed by atoms with Crippen LogP contribution < -0.4 is 4.90 Å². The van der Waals surface area contributed by atoms with Crippen LogP contribution >= 0.6 is 0 Å². The quantitative estimate of drug-likeness (QED) is 0.296. The van der Waals surface area contributed by atoms with Crippen LogP contribution in [-0.2, 0) is 14.3 Å². The summed E-state index contributed by atoms with van der Waals surface area (Å²) in [4.78, 5) is 53.6. The number of para-hydroxylation sites is 1. The predicted octanol–water partition coefficient (Wildman–Crippen LogP) is 3.90. The molecule has 172 valence electrons. The van der Waals surface area contributed by atoms with E-state index in [1.54, 1.807) is 30.3 Å². The molecule has 2 aromatic carbocycles. The van der Waals surface area contributed by atoms with Crippen molar-refractivity contribution in [1.29, 1.82) is 0 Å². The van der Waals surface area contributed by atoms with E-state index in [0.717, 1.165) is 17.5 Å². The largest absolute Gasteiger partial charge is 0.454 e. The Morgan fingerprint density at radius 1 is 0.912 bits per heavy atom. The van der Waals surface area contributed by atoms with Crippen molar-refractivity contribution in [3.05, 3.63) is 76.9 Å². The fraction of sp³-hybridized carbons (Fsp3) is 0.357. The fourth-order valence-corrected chi connectivity index (χ4v) is 6.24. The number of benzene rings is 2. The molecule has 0 aromatic heterocycles. The topological polar surface area (TPSA) is 80.8 Å². The maximum absolute atomic E-state index is 13.5. The number of allylic oxidation sites excluding steroid dienone is 2. The molecule has 1 heterocycles. The second kappa shape index (κ2) is 7.49. The summed E-state index contributed by atoms with van der Waals surface area (Å²) in [6.45, 7) is 3.46. The molecule has 0 N–H and O–H groups in total. The number of ether oxygens (including phenoxy) is 1. The van der Waals surface area contributed by atoms with Crippen molar-refractivity contribution in [1.82, 2.24) is 0 Å². The number of nitrogens with zero attached hydrogens (tertiary/aromatic N) is 1. The Kier molecular flexibility index (Phi) is 4.63. The third-order valence-corrected chi connectivity index (χ3v) is 8.19. The monoisotopic (exact) mass is 455 g/mol. The number of carbonyl (C=O) groups is 4. The van der Waals surface area contributed by atoms with Crippen molar-refractivity contribution in [2.75, 3.05) is 11.5 Å². The zero-order valence-electron chi connectivity index (χ0n) is 19.1. The number of hydrogen-bond donors (Lipinski definition) is 0. The Morgan fingerprint density at radius 3 is 2.21 bits per heavy atom. The van der Waals surface area contributed by atoms with Gasteiger partial charge < -0.3 is 4.74 Å². The van der Waals surface area contributed by atoms with Gasteiger partial charge in [0.05, 0.1) is 23.1 Å². The molecule has 1 saturated heterocycles. The molecule has 6 atom stereocenters. The number of aryl methyl sites for hydroxylation is 2. The van der Waals surface area contributed by atoms with Gasteiger partial charge in [-0.15, -0.1) is 0 Å². The SMILES string of the molecule is Cc1ccc(C(=O)COC(=O)c2ccccc2N2C(=O)[C@H]3[C@@H]4C=C[C@H]([C@H]5C[C@H]45)[C@@H]3C2=O)cc1C. The van der Waals surface area contributed by atoms with E-state index < -0.39 is 12.6 Å². The highest BCUT2D eigenvalue weighted by molar-refractivity contribution is 6.24. The van der Waals surface area contributed by atoms with Crippen molar-refractivity contribution < 1.29 is 23.9 Å². The second-order valence-corrected chi connectivity index (χ2v) is 9.98. The molecule has 2 aromatic rings. The standard InChI is InChI=1S/C28H25NO5/c1-14-7-8-16(11-15(14)2)23(30)13-34-28(33)19-5-3-4-6-22(19)29-26(31)24-17-9-10-18(21-12-20(17)21)25(24)27(29)32/h3-11,17-18,20-21,24-25H,12-13H2,1-2H3/t17-,18-,20-,21-,24+,25+/m1/s1. The number of ketones is 1. The summed E-state index contributed by atoms with van der Waals surface area (Å²) in [5.74, 6) is -0.968.